The minimum absolute atomic E-state index is 0.0234. The van der Waals surface area contributed by atoms with Gasteiger partial charge in [-0.2, -0.15) is 0 Å². The molecule has 2 heterocycles. The Kier molecular flexibility index (Phi) is 6.29. The molecule has 0 unspecified atom stereocenters. The second-order valence-corrected chi connectivity index (χ2v) is 8.05. The van der Waals surface area contributed by atoms with Crippen LogP contribution in [0.15, 0.2) is 42.0 Å². The molecule has 1 amide bonds. The quantitative estimate of drug-likeness (QED) is 0.391. The predicted molar refractivity (Wildman–Crippen MR) is 121 cm³/mol. The van der Waals surface area contributed by atoms with E-state index in [2.05, 4.69) is 0 Å². The van der Waals surface area contributed by atoms with E-state index in [1.807, 2.05) is 13.0 Å². The SMILES string of the molecule is COCCN1C(=O)C(=O)C(=C(O)c2ccc3c(c2)C[C@H](C)O3)[C@@H]1c1ccc(OC)c(OC)c1. The third-order valence-corrected chi connectivity index (χ3v) is 5.97. The van der Waals surface area contributed by atoms with Gasteiger partial charge in [-0.1, -0.05) is 6.07 Å². The number of methoxy groups -OCH3 is 3. The Hall–Kier alpha value is -3.52. The van der Waals surface area contributed by atoms with Gasteiger partial charge in [-0.05, 0) is 48.4 Å². The zero-order valence-electron chi connectivity index (χ0n) is 19.1. The zero-order valence-corrected chi connectivity index (χ0v) is 19.1. The summed E-state index contributed by atoms with van der Waals surface area (Å²) in [6, 6.07) is 9.65. The number of carbonyl (C=O) groups is 2. The molecule has 0 radical (unpaired) electrons. The summed E-state index contributed by atoms with van der Waals surface area (Å²) >= 11 is 0. The van der Waals surface area contributed by atoms with Crippen LogP contribution in [0.25, 0.3) is 5.76 Å². The van der Waals surface area contributed by atoms with Gasteiger partial charge in [0.25, 0.3) is 11.7 Å². The molecule has 4 rings (SSSR count). The largest absolute Gasteiger partial charge is 0.507 e. The molecule has 1 N–H and O–H groups in total. The van der Waals surface area contributed by atoms with Gasteiger partial charge < -0.3 is 29.0 Å². The predicted octanol–water partition coefficient (Wildman–Crippen LogP) is 3.10. The topological polar surface area (TPSA) is 94.5 Å². The van der Waals surface area contributed by atoms with Crippen molar-refractivity contribution in [2.45, 2.75) is 25.5 Å². The number of likely N-dealkylation sites (tertiary alicyclic amines) is 1. The van der Waals surface area contributed by atoms with Gasteiger partial charge in [-0.3, -0.25) is 9.59 Å². The van der Waals surface area contributed by atoms with Crippen LogP contribution >= 0.6 is 0 Å². The van der Waals surface area contributed by atoms with Crippen LogP contribution in [0.2, 0.25) is 0 Å². The van der Waals surface area contributed by atoms with Crippen molar-refractivity contribution in [1.82, 2.24) is 4.90 Å². The van der Waals surface area contributed by atoms with Gasteiger partial charge in [0.2, 0.25) is 0 Å². The van der Waals surface area contributed by atoms with Crippen molar-refractivity contribution in [2.24, 2.45) is 0 Å². The highest BCUT2D eigenvalue weighted by Crippen LogP contribution is 2.42. The summed E-state index contributed by atoms with van der Waals surface area (Å²) in [5.74, 6) is 0.0743. The van der Waals surface area contributed by atoms with E-state index < -0.39 is 17.7 Å². The number of aliphatic hydroxyl groups excluding tert-OH is 1. The number of ether oxygens (including phenoxy) is 4. The van der Waals surface area contributed by atoms with Gasteiger partial charge in [0.1, 0.15) is 17.6 Å². The van der Waals surface area contributed by atoms with E-state index in [1.54, 1.807) is 30.3 Å². The van der Waals surface area contributed by atoms with Crippen LogP contribution in [-0.4, -0.2) is 62.3 Å². The lowest BCUT2D eigenvalue weighted by Crippen LogP contribution is -2.32. The van der Waals surface area contributed by atoms with Crippen molar-refractivity contribution in [3.63, 3.8) is 0 Å². The van der Waals surface area contributed by atoms with Crippen LogP contribution in [0.5, 0.6) is 17.2 Å². The van der Waals surface area contributed by atoms with E-state index >= 15 is 0 Å². The Morgan fingerprint density at radius 2 is 1.85 bits per heavy atom. The van der Waals surface area contributed by atoms with Crippen LogP contribution in [0.4, 0.5) is 0 Å². The number of carbonyl (C=O) groups excluding carboxylic acids is 2. The fourth-order valence-corrected chi connectivity index (χ4v) is 4.39. The van der Waals surface area contributed by atoms with Crippen LogP contribution in [0, 0.1) is 0 Å². The Morgan fingerprint density at radius 3 is 2.55 bits per heavy atom. The molecular formula is C25H27NO7. The summed E-state index contributed by atoms with van der Waals surface area (Å²) in [5, 5.41) is 11.3. The first-order valence-corrected chi connectivity index (χ1v) is 10.7. The lowest BCUT2D eigenvalue weighted by Gasteiger charge is -2.25. The van der Waals surface area contributed by atoms with Crippen molar-refractivity contribution < 1.29 is 33.6 Å². The van der Waals surface area contributed by atoms with E-state index in [1.165, 1.54) is 26.2 Å². The van der Waals surface area contributed by atoms with Crippen LogP contribution < -0.4 is 14.2 Å². The number of hydrogen-bond acceptors (Lipinski definition) is 7. The molecule has 174 valence electrons. The van der Waals surface area contributed by atoms with Crippen molar-refractivity contribution in [2.75, 3.05) is 34.5 Å². The average Bonchev–Trinajstić information content (AvgIpc) is 3.32. The van der Waals surface area contributed by atoms with Gasteiger partial charge in [0.15, 0.2) is 11.5 Å². The second kappa shape index (κ2) is 9.15. The molecule has 0 bridgehead atoms. The fraction of sp³-hybridized carbons (Fsp3) is 0.360. The zero-order chi connectivity index (χ0) is 23.7. The van der Waals surface area contributed by atoms with Gasteiger partial charge in [-0.25, -0.2) is 0 Å². The number of fused-ring (bicyclic) bond motifs is 1. The second-order valence-electron chi connectivity index (χ2n) is 8.05. The Labute approximate surface area is 192 Å². The van der Waals surface area contributed by atoms with E-state index in [-0.39, 0.29) is 30.6 Å². The normalized spacial score (nSPS) is 21.2. The number of nitrogens with zero attached hydrogens (tertiary/aromatic N) is 1. The molecule has 8 nitrogen and oxygen atoms in total. The van der Waals surface area contributed by atoms with Crippen molar-refractivity contribution in [3.05, 3.63) is 58.7 Å². The number of benzene rings is 2. The van der Waals surface area contributed by atoms with E-state index in [9.17, 15) is 14.7 Å². The Bertz CT molecular complexity index is 1120. The minimum atomic E-state index is -0.802. The molecule has 0 spiro atoms. The fourth-order valence-electron chi connectivity index (χ4n) is 4.39. The molecule has 0 saturated carbocycles. The molecule has 2 aromatic rings. The number of amides is 1. The summed E-state index contributed by atoms with van der Waals surface area (Å²) in [4.78, 5) is 27.5. The number of rotatable bonds is 7. The van der Waals surface area contributed by atoms with Crippen molar-refractivity contribution in [3.8, 4) is 17.2 Å². The number of hydrogen-bond donors (Lipinski definition) is 1. The van der Waals surface area contributed by atoms with Crippen molar-refractivity contribution >= 4 is 17.4 Å². The maximum absolute atomic E-state index is 13.1. The maximum Gasteiger partial charge on any atom is 0.295 e. The summed E-state index contributed by atoms with van der Waals surface area (Å²) < 4.78 is 21.6. The van der Waals surface area contributed by atoms with Crippen LogP contribution in [0.1, 0.15) is 29.7 Å². The maximum atomic E-state index is 13.1. The molecular weight excluding hydrogens is 426 g/mol. The third-order valence-electron chi connectivity index (χ3n) is 5.97. The molecule has 2 aliphatic rings. The third kappa shape index (κ3) is 4.02. The van der Waals surface area contributed by atoms with Crippen LogP contribution in [0.3, 0.4) is 0 Å². The molecule has 8 heteroatoms. The molecule has 33 heavy (non-hydrogen) atoms. The lowest BCUT2D eigenvalue weighted by atomic mass is 9.94. The molecule has 1 fully saturated rings. The standard InChI is InChI=1S/C25H27NO7/c1-14-11-17-12-16(6-7-18(17)33-14)23(27)21-22(26(9-10-30-2)25(29)24(21)28)15-5-8-19(31-3)20(13-15)32-4/h5-8,12-14,22,27H,9-11H2,1-4H3/t14-,22-/m0/s1. The van der Waals surface area contributed by atoms with E-state index in [4.69, 9.17) is 18.9 Å². The molecule has 2 atom stereocenters. The first-order chi connectivity index (χ1) is 15.9. The van der Waals surface area contributed by atoms with Crippen molar-refractivity contribution in [1.29, 1.82) is 0 Å². The first-order valence-electron chi connectivity index (χ1n) is 10.7. The minimum Gasteiger partial charge on any atom is -0.507 e. The Morgan fingerprint density at radius 1 is 1.09 bits per heavy atom. The van der Waals surface area contributed by atoms with Crippen LogP contribution in [-0.2, 0) is 20.7 Å². The van der Waals surface area contributed by atoms with Gasteiger partial charge in [0, 0.05) is 25.6 Å². The summed E-state index contributed by atoms with van der Waals surface area (Å²) in [7, 11) is 4.56. The monoisotopic (exact) mass is 453 g/mol. The van der Waals surface area contributed by atoms with E-state index in [0.29, 0.717) is 29.0 Å². The molecule has 1 saturated heterocycles. The highest BCUT2D eigenvalue weighted by Gasteiger charge is 2.46. The van der Waals surface area contributed by atoms with Gasteiger partial charge in [-0.15, -0.1) is 0 Å². The Balaban J connectivity index is 1.85. The highest BCUT2D eigenvalue weighted by molar-refractivity contribution is 6.46. The highest BCUT2D eigenvalue weighted by atomic mass is 16.5. The molecule has 0 aromatic heterocycles. The van der Waals surface area contributed by atoms with Gasteiger partial charge >= 0.3 is 0 Å². The summed E-state index contributed by atoms with van der Waals surface area (Å²) in [6.45, 7) is 2.40. The smallest absolute Gasteiger partial charge is 0.295 e. The first kappa shape index (κ1) is 22.7. The molecule has 0 aliphatic carbocycles. The number of ketones is 1. The molecule has 2 aliphatic heterocycles. The summed E-state index contributed by atoms with van der Waals surface area (Å²) in [6.07, 6.45) is 0.751. The summed E-state index contributed by atoms with van der Waals surface area (Å²) in [5.41, 5.74) is 2.04. The number of aliphatic hydroxyl groups is 1. The molecule has 2 aromatic carbocycles. The van der Waals surface area contributed by atoms with E-state index in [0.717, 1.165) is 11.3 Å². The van der Waals surface area contributed by atoms with Gasteiger partial charge in [0.05, 0.1) is 32.4 Å². The number of Topliss-reactive ketones (excluding diaryl/α,β-unsaturated/α-hetero) is 1. The lowest BCUT2D eigenvalue weighted by molar-refractivity contribution is -0.140. The average molecular weight is 453 g/mol.